The molecule has 18 heavy (non-hydrogen) atoms. The number of aliphatic hydroxyl groups excluding tert-OH is 1. The smallest absolute Gasteiger partial charge is 0.414 e. The Morgan fingerprint density at radius 2 is 2.00 bits per heavy atom. The number of carboxylic acid groups (broad SMARTS) is 1. The van der Waals surface area contributed by atoms with E-state index in [1.807, 2.05) is 30.3 Å². The molecule has 4 N–H and O–H groups in total. The Balaban J connectivity index is 0.000000357. The van der Waals surface area contributed by atoms with E-state index in [1.165, 1.54) is 4.90 Å². The summed E-state index contributed by atoms with van der Waals surface area (Å²) in [6.45, 7) is 0.286. The third-order valence-electron chi connectivity index (χ3n) is 2.15. The predicted molar refractivity (Wildman–Crippen MR) is 63.4 cm³/mol. The fourth-order valence-corrected chi connectivity index (χ4v) is 1.44. The van der Waals surface area contributed by atoms with Crippen molar-refractivity contribution in [1.82, 2.24) is 0 Å². The summed E-state index contributed by atoms with van der Waals surface area (Å²) in [4.78, 5) is 21.6. The highest BCUT2D eigenvalue weighted by Gasteiger charge is 2.31. The number of hydrogen-bond acceptors (Lipinski definition) is 4. The average Bonchev–Trinajstić information content (AvgIpc) is 2.71. The lowest BCUT2D eigenvalue weighted by atomic mass is 10.3. The maximum atomic E-state index is 11.3. The van der Waals surface area contributed by atoms with E-state index in [0.717, 1.165) is 5.69 Å². The maximum Gasteiger partial charge on any atom is 0.414 e. The van der Waals surface area contributed by atoms with E-state index in [4.69, 9.17) is 19.7 Å². The van der Waals surface area contributed by atoms with Gasteiger partial charge >= 0.3 is 12.2 Å². The van der Waals surface area contributed by atoms with Crippen LogP contribution in [0.1, 0.15) is 0 Å². The minimum absolute atomic E-state index is 0.130. The molecule has 7 nitrogen and oxygen atoms in total. The van der Waals surface area contributed by atoms with Gasteiger partial charge in [-0.15, -0.1) is 0 Å². The van der Waals surface area contributed by atoms with Crippen LogP contribution in [0.25, 0.3) is 0 Å². The molecule has 0 aliphatic carbocycles. The molecular weight excluding hydrogens is 240 g/mol. The minimum atomic E-state index is -1.33. The average molecular weight is 254 g/mol. The van der Waals surface area contributed by atoms with Gasteiger partial charge in [0.1, 0.15) is 6.10 Å². The zero-order valence-corrected chi connectivity index (χ0v) is 9.52. The van der Waals surface area contributed by atoms with Crippen LogP contribution in [0.3, 0.4) is 0 Å². The van der Waals surface area contributed by atoms with Crippen LogP contribution in [0.15, 0.2) is 30.3 Å². The van der Waals surface area contributed by atoms with Gasteiger partial charge in [-0.2, -0.15) is 0 Å². The summed E-state index contributed by atoms with van der Waals surface area (Å²) in [5, 5.41) is 16.0. The van der Waals surface area contributed by atoms with Crippen molar-refractivity contribution in [3.8, 4) is 0 Å². The summed E-state index contributed by atoms with van der Waals surface area (Å²) in [5.41, 5.74) is 4.83. The van der Waals surface area contributed by atoms with Crippen LogP contribution >= 0.6 is 0 Å². The number of cyclic esters (lactones) is 1. The normalized spacial score (nSPS) is 17.7. The highest BCUT2D eigenvalue weighted by Crippen LogP contribution is 2.20. The maximum absolute atomic E-state index is 11.3. The van der Waals surface area contributed by atoms with Crippen molar-refractivity contribution < 1.29 is 24.5 Å². The van der Waals surface area contributed by atoms with Gasteiger partial charge in [0.05, 0.1) is 13.2 Å². The monoisotopic (exact) mass is 254 g/mol. The molecule has 1 heterocycles. The molecule has 0 spiro atoms. The molecule has 0 saturated carbocycles. The number of benzene rings is 1. The molecule has 0 radical (unpaired) electrons. The van der Waals surface area contributed by atoms with Crippen molar-refractivity contribution in [2.45, 2.75) is 6.10 Å². The summed E-state index contributed by atoms with van der Waals surface area (Å²) < 4.78 is 4.91. The largest absolute Gasteiger partial charge is 0.465 e. The van der Waals surface area contributed by atoms with Crippen molar-refractivity contribution in [1.29, 1.82) is 0 Å². The first-order chi connectivity index (χ1) is 8.54. The standard InChI is InChI=1S/C10H11NO3.CH3NO2/c12-7-9-6-11(10(13)14-9)8-4-2-1-3-5-8;2-1(3)4/h1-5,9,12H,6-7H2;2H2,(H,3,4). The van der Waals surface area contributed by atoms with Gasteiger partial charge in [0, 0.05) is 5.69 Å². The van der Waals surface area contributed by atoms with E-state index in [1.54, 1.807) is 0 Å². The van der Waals surface area contributed by atoms with Gasteiger partial charge < -0.3 is 20.7 Å². The van der Waals surface area contributed by atoms with Crippen molar-refractivity contribution in [2.75, 3.05) is 18.1 Å². The van der Waals surface area contributed by atoms with Crippen LogP contribution in [0.2, 0.25) is 0 Å². The number of aliphatic hydroxyl groups is 1. The Bertz CT molecular complexity index is 405. The van der Waals surface area contributed by atoms with Gasteiger partial charge in [0.25, 0.3) is 0 Å². The number of para-hydroxylation sites is 1. The zero-order valence-electron chi connectivity index (χ0n) is 9.52. The molecule has 2 rings (SSSR count). The first-order valence-electron chi connectivity index (χ1n) is 5.17. The molecular formula is C11H14N2O5. The van der Waals surface area contributed by atoms with E-state index in [9.17, 15) is 4.79 Å². The molecule has 98 valence electrons. The van der Waals surface area contributed by atoms with Crippen molar-refractivity contribution in [2.24, 2.45) is 5.73 Å². The molecule has 0 bridgehead atoms. The number of nitrogens with two attached hydrogens (primary N) is 1. The molecule has 1 fully saturated rings. The molecule has 1 aliphatic rings. The molecule has 1 aromatic carbocycles. The first kappa shape index (κ1) is 13.8. The number of ether oxygens (including phenoxy) is 1. The fraction of sp³-hybridized carbons (Fsp3) is 0.273. The summed E-state index contributed by atoms with van der Waals surface area (Å²) in [6, 6.07) is 9.26. The first-order valence-corrected chi connectivity index (χ1v) is 5.17. The van der Waals surface area contributed by atoms with Crippen LogP contribution in [0, 0.1) is 0 Å². The zero-order chi connectivity index (χ0) is 13.5. The van der Waals surface area contributed by atoms with Gasteiger partial charge in [-0.25, -0.2) is 9.59 Å². The number of rotatable bonds is 2. The number of amides is 2. The highest BCUT2D eigenvalue weighted by atomic mass is 16.6. The molecule has 7 heteroatoms. The highest BCUT2D eigenvalue weighted by molar-refractivity contribution is 5.89. The lowest BCUT2D eigenvalue weighted by Crippen LogP contribution is -2.25. The number of carbonyl (C=O) groups is 2. The molecule has 1 saturated heterocycles. The Kier molecular flexibility index (Phi) is 4.94. The molecule has 0 aromatic heterocycles. The SMILES string of the molecule is NC(=O)O.O=C1OC(CO)CN1c1ccccc1. The van der Waals surface area contributed by atoms with Crippen molar-refractivity contribution in [3.63, 3.8) is 0 Å². The second-order valence-electron chi connectivity index (χ2n) is 3.47. The number of hydrogen-bond donors (Lipinski definition) is 3. The molecule has 1 aliphatic heterocycles. The predicted octanol–water partition coefficient (Wildman–Crippen LogP) is 0.627. The van der Waals surface area contributed by atoms with Crippen molar-refractivity contribution in [3.05, 3.63) is 30.3 Å². The molecule has 2 amide bonds. The second kappa shape index (κ2) is 6.45. The van der Waals surface area contributed by atoms with Crippen LogP contribution in [0.5, 0.6) is 0 Å². The van der Waals surface area contributed by atoms with E-state index in [2.05, 4.69) is 5.73 Å². The van der Waals surface area contributed by atoms with Gasteiger partial charge in [-0.1, -0.05) is 18.2 Å². The third-order valence-corrected chi connectivity index (χ3v) is 2.15. The fourth-order valence-electron chi connectivity index (χ4n) is 1.44. The number of nitrogens with zero attached hydrogens (tertiary/aromatic N) is 1. The van der Waals surface area contributed by atoms with E-state index < -0.39 is 18.3 Å². The van der Waals surface area contributed by atoms with Crippen LogP contribution < -0.4 is 10.6 Å². The quantitative estimate of drug-likeness (QED) is 0.716. The lowest BCUT2D eigenvalue weighted by Gasteiger charge is -2.11. The topological polar surface area (TPSA) is 113 Å². The lowest BCUT2D eigenvalue weighted by molar-refractivity contribution is 0.0963. The van der Waals surface area contributed by atoms with Crippen molar-refractivity contribution >= 4 is 17.9 Å². The molecule has 1 aromatic rings. The van der Waals surface area contributed by atoms with E-state index in [-0.39, 0.29) is 6.61 Å². The van der Waals surface area contributed by atoms with E-state index >= 15 is 0 Å². The summed E-state index contributed by atoms with van der Waals surface area (Å²) >= 11 is 0. The van der Waals surface area contributed by atoms with Gasteiger partial charge in [-0.3, -0.25) is 4.90 Å². The van der Waals surface area contributed by atoms with Crippen LogP contribution in [-0.2, 0) is 4.74 Å². The Hall–Kier alpha value is -2.28. The molecule has 1 atom stereocenters. The Labute approximate surface area is 103 Å². The van der Waals surface area contributed by atoms with Gasteiger partial charge in [0.15, 0.2) is 0 Å². The van der Waals surface area contributed by atoms with E-state index in [0.29, 0.717) is 6.54 Å². The number of carbonyl (C=O) groups excluding carboxylic acids is 1. The third kappa shape index (κ3) is 3.95. The van der Waals surface area contributed by atoms with Gasteiger partial charge in [0.2, 0.25) is 0 Å². The molecule has 1 unspecified atom stereocenters. The summed E-state index contributed by atoms with van der Waals surface area (Å²) in [5.74, 6) is 0. The Morgan fingerprint density at radius 1 is 1.44 bits per heavy atom. The van der Waals surface area contributed by atoms with Crippen LogP contribution in [0.4, 0.5) is 15.3 Å². The number of anilines is 1. The number of primary amides is 1. The van der Waals surface area contributed by atoms with Crippen LogP contribution in [-0.4, -0.2) is 41.7 Å². The summed E-state index contributed by atoms with van der Waals surface area (Å²) in [7, 11) is 0. The summed E-state index contributed by atoms with van der Waals surface area (Å²) in [6.07, 6.45) is -2.13. The van der Waals surface area contributed by atoms with Gasteiger partial charge in [-0.05, 0) is 12.1 Å². The minimum Gasteiger partial charge on any atom is -0.465 e. The Morgan fingerprint density at radius 3 is 2.44 bits per heavy atom. The second-order valence-corrected chi connectivity index (χ2v) is 3.47.